The number of ether oxygens (including phenoxy) is 1. The van der Waals surface area contributed by atoms with Gasteiger partial charge in [0, 0.05) is 32.8 Å². The third-order valence-corrected chi connectivity index (χ3v) is 5.71. The maximum Gasteiger partial charge on any atom is 0.228 e. The van der Waals surface area contributed by atoms with Crippen molar-refractivity contribution in [3.05, 3.63) is 35.6 Å². The van der Waals surface area contributed by atoms with Crippen LogP contribution < -0.4 is 10.6 Å². The van der Waals surface area contributed by atoms with E-state index < -0.39 is 0 Å². The summed E-state index contributed by atoms with van der Waals surface area (Å²) < 4.78 is 18.4. The lowest BCUT2D eigenvalue weighted by Crippen LogP contribution is -2.54. The van der Waals surface area contributed by atoms with Crippen LogP contribution in [-0.4, -0.2) is 56.7 Å². The number of rotatable bonds is 6. The van der Waals surface area contributed by atoms with Gasteiger partial charge in [-0.3, -0.25) is 9.69 Å². The van der Waals surface area contributed by atoms with Gasteiger partial charge in [-0.05, 0) is 56.5 Å². The normalized spacial score (nSPS) is 21.5. The van der Waals surface area contributed by atoms with E-state index in [1.807, 2.05) is 12.1 Å². The molecule has 2 N–H and O–H groups in total. The molecule has 2 heterocycles. The predicted molar refractivity (Wildman–Crippen MR) is 99.3 cm³/mol. The Morgan fingerprint density at radius 3 is 2.54 bits per heavy atom. The van der Waals surface area contributed by atoms with E-state index in [2.05, 4.69) is 15.5 Å². The zero-order valence-electron chi connectivity index (χ0n) is 15.6. The second kappa shape index (κ2) is 8.93. The number of carbonyl (C=O) groups is 1. The number of nitrogens with one attached hydrogen (secondary N) is 2. The minimum absolute atomic E-state index is 0.151. The van der Waals surface area contributed by atoms with Crippen LogP contribution in [-0.2, 0) is 16.1 Å². The lowest BCUT2D eigenvalue weighted by molar-refractivity contribution is -0.137. The number of nitrogens with zero attached hydrogens (tertiary/aromatic N) is 1. The molecule has 2 fully saturated rings. The van der Waals surface area contributed by atoms with E-state index in [1.165, 1.54) is 12.1 Å². The minimum Gasteiger partial charge on any atom is -0.384 e. The van der Waals surface area contributed by atoms with Crippen LogP contribution in [0.5, 0.6) is 0 Å². The number of benzene rings is 1. The van der Waals surface area contributed by atoms with Crippen LogP contribution in [0, 0.1) is 11.2 Å². The van der Waals surface area contributed by atoms with Crippen LogP contribution in [0.4, 0.5) is 4.39 Å². The van der Waals surface area contributed by atoms with Gasteiger partial charge in [-0.2, -0.15) is 0 Å². The molecule has 0 unspecified atom stereocenters. The molecule has 0 bridgehead atoms. The van der Waals surface area contributed by atoms with Gasteiger partial charge in [0.1, 0.15) is 5.82 Å². The first kappa shape index (κ1) is 19.3. The number of piperidine rings is 2. The van der Waals surface area contributed by atoms with Crippen LogP contribution in [0.1, 0.15) is 31.2 Å². The van der Waals surface area contributed by atoms with E-state index in [4.69, 9.17) is 4.74 Å². The number of methoxy groups -OCH3 is 1. The molecule has 144 valence electrons. The Morgan fingerprint density at radius 1 is 1.27 bits per heavy atom. The average molecular weight is 363 g/mol. The summed E-state index contributed by atoms with van der Waals surface area (Å²) in [5.74, 6) is -0.0455. The number of hydrogen-bond acceptors (Lipinski definition) is 4. The number of carbonyl (C=O) groups excluding carboxylic acids is 1. The Labute approximate surface area is 155 Å². The molecule has 26 heavy (non-hydrogen) atoms. The topological polar surface area (TPSA) is 53.6 Å². The largest absolute Gasteiger partial charge is 0.384 e. The molecule has 0 aromatic heterocycles. The standard InChI is InChI=1S/C20H30FN3O2/c1-26-15-20(8-10-22-11-9-20)19(25)23-18-6-12-24(13-7-18)14-16-2-4-17(21)5-3-16/h2-5,18,22H,6-15H2,1H3,(H,23,25). The highest BCUT2D eigenvalue weighted by Gasteiger charge is 2.40. The Hall–Kier alpha value is -1.50. The fourth-order valence-electron chi connectivity index (χ4n) is 4.04. The van der Waals surface area contributed by atoms with E-state index in [1.54, 1.807) is 7.11 Å². The second-order valence-corrected chi connectivity index (χ2v) is 7.61. The molecule has 0 aliphatic carbocycles. The molecule has 0 atom stereocenters. The fraction of sp³-hybridized carbons (Fsp3) is 0.650. The summed E-state index contributed by atoms with van der Waals surface area (Å²) in [6, 6.07) is 6.94. The van der Waals surface area contributed by atoms with Crippen LogP contribution >= 0.6 is 0 Å². The van der Waals surface area contributed by atoms with Crippen LogP contribution in [0.25, 0.3) is 0 Å². The Balaban J connectivity index is 1.48. The quantitative estimate of drug-likeness (QED) is 0.811. The van der Waals surface area contributed by atoms with Crippen molar-refractivity contribution in [3.63, 3.8) is 0 Å². The molecule has 1 aromatic rings. The summed E-state index contributed by atoms with van der Waals surface area (Å²) in [7, 11) is 1.67. The van der Waals surface area contributed by atoms with Crippen molar-refractivity contribution in [1.29, 1.82) is 0 Å². The molecule has 0 spiro atoms. The third-order valence-electron chi connectivity index (χ3n) is 5.71. The molecule has 6 heteroatoms. The molecule has 1 amide bonds. The highest BCUT2D eigenvalue weighted by Crippen LogP contribution is 2.30. The smallest absolute Gasteiger partial charge is 0.228 e. The zero-order chi connectivity index (χ0) is 18.4. The molecule has 2 aliphatic rings. The lowest BCUT2D eigenvalue weighted by atomic mass is 9.78. The van der Waals surface area contributed by atoms with Gasteiger partial charge in [0.15, 0.2) is 0 Å². The van der Waals surface area contributed by atoms with Crippen molar-refractivity contribution in [1.82, 2.24) is 15.5 Å². The third kappa shape index (κ3) is 4.81. The summed E-state index contributed by atoms with van der Waals surface area (Å²) in [5.41, 5.74) is 0.744. The Bertz CT molecular complexity index is 574. The van der Waals surface area contributed by atoms with Crippen LogP contribution in [0.15, 0.2) is 24.3 Å². The maximum atomic E-state index is 13.0. The highest BCUT2D eigenvalue weighted by molar-refractivity contribution is 5.83. The summed E-state index contributed by atoms with van der Waals surface area (Å²) in [6.45, 7) is 4.95. The van der Waals surface area contributed by atoms with Crippen LogP contribution in [0.3, 0.4) is 0 Å². The van der Waals surface area contributed by atoms with Crippen molar-refractivity contribution in [2.75, 3.05) is 39.9 Å². The lowest BCUT2D eigenvalue weighted by Gasteiger charge is -2.38. The molecular formula is C20H30FN3O2. The average Bonchev–Trinajstić information content (AvgIpc) is 2.66. The van der Waals surface area contributed by atoms with E-state index in [9.17, 15) is 9.18 Å². The van der Waals surface area contributed by atoms with Gasteiger partial charge in [-0.15, -0.1) is 0 Å². The van der Waals surface area contributed by atoms with E-state index in [-0.39, 0.29) is 23.2 Å². The van der Waals surface area contributed by atoms with Crippen molar-refractivity contribution in [2.24, 2.45) is 5.41 Å². The fourth-order valence-corrected chi connectivity index (χ4v) is 4.04. The number of halogens is 1. The molecule has 2 saturated heterocycles. The van der Waals surface area contributed by atoms with Gasteiger partial charge >= 0.3 is 0 Å². The first-order valence-corrected chi connectivity index (χ1v) is 9.59. The minimum atomic E-state index is -0.384. The van der Waals surface area contributed by atoms with Gasteiger partial charge < -0.3 is 15.4 Å². The molecule has 2 aliphatic heterocycles. The Morgan fingerprint density at radius 2 is 1.92 bits per heavy atom. The second-order valence-electron chi connectivity index (χ2n) is 7.61. The van der Waals surface area contributed by atoms with E-state index >= 15 is 0 Å². The Kier molecular flexibility index (Phi) is 6.62. The van der Waals surface area contributed by atoms with Crippen molar-refractivity contribution in [2.45, 2.75) is 38.3 Å². The molecule has 0 radical (unpaired) electrons. The van der Waals surface area contributed by atoms with Gasteiger partial charge in [-0.25, -0.2) is 4.39 Å². The number of hydrogen-bond donors (Lipinski definition) is 2. The van der Waals surface area contributed by atoms with E-state index in [0.717, 1.165) is 64.0 Å². The zero-order valence-corrected chi connectivity index (χ0v) is 15.6. The number of amides is 1. The summed E-state index contributed by atoms with van der Waals surface area (Å²) in [6.07, 6.45) is 3.56. The van der Waals surface area contributed by atoms with Gasteiger partial charge in [-0.1, -0.05) is 12.1 Å². The molecular weight excluding hydrogens is 333 g/mol. The van der Waals surface area contributed by atoms with Crippen molar-refractivity contribution >= 4 is 5.91 Å². The summed E-state index contributed by atoms with van der Waals surface area (Å²) in [4.78, 5) is 15.3. The van der Waals surface area contributed by atoms with Gasteiger partial charge in [0.05, 0.1) is 12.0 Å². The maximum absolute atomic E-state index is 13.0. The first-order valence-electron chi connectivity index (χ1n) is 9.59. The van der Waals surface area contributed by atoms with Gasteiger partial charge in [0.25, 0.3) is 0 Å². The summed E-state index contributed by atoms with van der Waals surface area (Å²) >= 11 is 0. The van der Waals surface area contributed by atoms with E-state index in [0.29, 0.717) is 6.61 Å². The SMILES string of the molecule is COCC1(C(=O)NC2CCN(Cc3ccc(F)cc3)CC2)CCNCC1. The van der Waals surface area contributed by atoms with Crippen LogP contribution in [0.2, 0.25) is 0 Å². The van der Waals surface area contributed by atoms with Crippen molar-refractivity contribution < 1.29 is 13.9 Å². The van der Waals surface area contributed by atoms with Gasteiger partial charge in [0.2, 0.25) is 5.91 Å². The first-order chi connectivity index (χ1) is 12.6. The molecule has 0 saturated carbocycles. The molecule has 3 rings (SSSR count). The predicted octanol–water partition coefficient (Wildman–Crippen LogP) is 1.92. The summed E-state index contributed by atoms with van der Waals surface area (Å²) in [5, 5.41) is 6.61. The highest BCUT2D eigenvalue weighted by atomic mass is 19.1. The van der Waals surface area contributed by atoms with Crippen molar-refractivity contribution in [3.8, 4) is 0 Å². The monoisotopic (exact) mass is 363 g/mol. The molecule has 1 aromatic carbocycles. The molecule has 5 nitrogen and oxygen atoms in total. The number of likely N-dealkylation sites (tertiary alicyclic amines) is 1.